The molecule has 1 rings (SSSR count). The number of nitrogen functional groups attached to an aromatic ring is 1. The van der Waals surface area contributed by atoms with Crippen molar-refractivity contribution in [3.05, 3.63) is 29.3 Å². The lowest BCUT2D eigenvalue weighted by atomic mass is 10.1. The second kappa shape index (κ2) is 5.12. The Hall–Kier alpha value is -1.35. The smallest absolute Gasteiger partial charge is 0.0403 e. The van der Waals surface area contributed by atoms with Crippen LogP contribution >= 0.6 is 0 Å². The molecule has 1 aromatic carbocycles. The van der Waals surface area contributed by atoms with Crippen molar-refractivity contribution in [2.24, 2.45) is 0 Å². The topological polar surface area (TPSA) is 61.9 Å². The van der Waals surface area contributed by atoms with E-state index in [0.29, 0.717) is 5.69 Å². The maximum Gasteiger partial charge on any atom is 0.0403 e. The van der Waals surface area contributed by atoms with Crippen LogP contribution in [0.15, 0.2) is 18.2 Å². The molecule has 4 N–H and O–H groups in total. The highest BCUT2D eigenvalue weighted by molar-refractivity contribution is 5.85. The second-order valence-corrected chi connectivity index (χ2v) is 5.03. The highest BCUT2D eigenvalue weighted by atomic mass is 14.9. The third kappa shape index (κ3) is 4.03. The van der Waals surface area contributed by atoms with Crippen LogP contribution in [0.5, 0.6) is 0 Å². The van der Waals surface area contributed by atoms with Gasteiger partial charge in [0.1, 0.15) is 0 Å². The molecule has 0 saturated heterocycles. The fourth-order valence-electron chi connectivity index (χ4n) is 1.49. The number of anilines is 1. The molecule has 88 valence electrons. The third-order valence-corrected chi connectivity index (χ3v) is 2.38. The molecule has 0 atom stereocenters. The molecule has 3 nitrogen and oxygen atoms in total. The van der Waals surface area contributed by atoms with Crippen LogP contribution in [0.4, 0.5) is 5.69 Å². The van der Waals surface area contributed by atoms with E-state index in [4.69, 9.17) is 11.1 Å². The molecule has 0 saturated carbocycles. The zero-order valence-electron chi connectivity index (χ0n) is 10.3. The monoisotopic (exact) mass is 219 g/mol. The minimum Gasteiger partial charge on any atom is -0.398 e. The fraction of sp³-hybridized carbons (Fsp3) is 0.462. The molecule has 0 aliphatic rings. The SMILES string of the molecule is CC(C)(C)NCCc1ccc(N)c(C=N)c1. The van der Waals surface area contributed by atoms with E-state index in [-0.39, 0.29) is 5.54 Å². The first-order valence-electron chi connectivity index (χ1n) is 5.56. The zero-order valence-corrected chi connectivity index (χ0v) is 10.3. The summed E-state index contributed by atoms with van der Waals surface area (Å²) >= 11 is 0. The molecule has 3 heteroatoms. The van der Waals surface area contributed by atoms with E-state index in [1.165, 1.54) is 11.8 Å². The molecule has 0 bridgehead atoms. The first-order valence-corrected chi connectivity index (χ1v) is 5.56. The van der Waals surface area contributed by atoms with Gasteiger partial charge >= 0.3 is 0 Å². The van der Waals surface area contributed by atoms with Gasteiger partial charge in [-0.15, -0.1) is 0 Å². The van der Waals surface area contributed by atoms with E-state index >= 15 is 0 Å². The normalized spacial score (nSPS) is 11.4. The summed E-state index contributed by atoms with van der Waals surface area (Å²) in [5, 5.41) is 10.7. The van der Waals surface area contributed by atoms with E-state index in [2.05, 4.69) is 26.1 Å². The zero-order chi connectivity index (χ0) is 12.2. The Morgan fingerprint density at radius 3 is 2.62 bits per heavy atom. The van der Waals surface area contributed by atoms with Gasteiger partial charge in [0.2, 0.25) is 0 Å². The number of hydrogen-bond acceptors (Lipinski definition) is 3. The molecule has 0 radical (unpaired) electrons. The van der Waals surface area contributed by atoms with Crippen LogP contribution in [-0.2, 0) is 6.42 Å². The lowest BCUT2D eigenvalue weighted by Crippen LogP contribution is -2.37. The summed E-state index contributed by atoms with van der Waals surface area (Å²) in [5.41, 5.74) is 8.56. The molecule has 1 aromatic rings. The lowest BCUT2D eigenvalue weighted by molar-refractivity contribution is 0.429. The minimum absolute atomic E-state index is 0.151. The number of hydrogen-bond donors (Lipinski definition) is 3. The molecule has 16 heavy (non-hydrogen) atoms. The number of nitrogens with one attached hydrogen (secondary N) is 2. The van der Waals surface area contributed by atoms with Gasteiger partial charge in [0.25, 0.3) is 0 Å². The van der Waals surface area contributed by atoms with Crippen molar-refractivity contribution >= 4 is 11.9 Å². The summed E-state index contributed by atoms with van der Waals surface area (Å²) in [4.78, 5) is 0. The molecule has 0 spiro atoms. The summed E-state index contributed by atoms with van der Waals surface area (Å²) in [6.07, 6.45) is 2.26. The van der Waals surface area contributed by atoms with Gasteiger partial charge in [-0.3, -0.25) is 0 Å². The van der Waals surface area contributed by atoms with Crippen LogP contribution in [0.1, 0.15) is 31.9 Å². The molecular weight excluding hydrogens is 198 g/mol. The van der Waals surface area contributed by atoms with Crippen LogP contribution in [-0.4, -0.2) is 18.3 Å². The Kier molecular flexibility index (Phi) is 4.07. The maximum atomic E-state index is 7.24. The molecular formula is C13H21N3. The average molecular weight is 219 g/mol. The summed E-state index contributed by atoms with van der Waals surface area (Å²) < 4.78 is 0. The van der Waals surface area contributed by atoms with Gasteiger partial charge in [0, 0.05) is 23.0 Å². The largest absolute Gasteiger partial charge is 0.398 e. The highest BCUT2D eigenvalue weighted by Gasteiger charge is 2.07. The minimum atomic E-state index is 0.151. The fourth-order valence-corrected chi connectivity index (χ4v) is 1.49. The van der Waals surface area contributed by atoms with Crippen LogP contribution in [0.25, 0.3) is 0 Å². The van der Waals surface area contributed by atoms with Crippen molar-refractivity contribution in [3.63, 3.8) is 0 Å². The number of nitrogens with two attached hydrogens (primary N) is 1. The van der Waals surface area contributed by atoms with Gasteiger partial charge in [0.15, 0.2) is 0 Å². The first-order chi connectivity index (χ1) is 7.42. The highest BCUT2D eigenvalue weighted by Crippen LogP contribution is 2.12. The van der Waals surface area contributed by atoms with Crippen molar-refractivity contribution in [1.29, 1.82) is 5.41 Å². The Morgan fingerprint density at radius 2 is 2.06 bits per heavy atom. The Morgan fingerprint density at radius 1 is 1.38 bits per heavy atom. The van der Waals surface area contributed by atoms with Crippen molar-refractivity contribution < 1.29 is 0 Å². The standard InChI is InChI=1S/C13H21N3/c1-13(2,3)16-7-6-10-4-5-12(15)11(8-10)9-14/h4-5,8-9,14,16H,6-7,15H2,1-3H3. The first kappa shape index (κ1) is 12.7. The van der Waals surface area contributed by atoms with E-state index in [1.807, 2.05) is 18.2 Å². The maximum absolute atomic E-state index is 7.24. The molecule has 0 heterocycles. The van der Waals surface area contributed by atoms with E-state index < -0.39 is 0 Å². The number of rotatable bonds is 4. The van der Waals surface area contributed by atoms with E-state index in [9.17, 15) is 0 Å². The summed E-state index contributed by atoms with van der Waals surface area (Å²) in [6, 6.07) is 5.87. The molecule has 0 aliphatic heterocycles. The molecule has 0 amide bonds. The third-order valence-electron chi connectivity index (χ3n) is 2.38. The van der Waals surface area contributed by atoms with Crippen molar-refractivity contribution in [2.75, 3.05) is 12.3 Å². The Balaban J connectivity index is 2.58. The second-order valence-electron chi connectivity index (χ2n) is 5.03. The van der Waals surface area contributed by atoms with Gasteiger partial charge in [0.05, 0.1) is 0 Å². The van der Waals surface area contributed by atoms with Crippen LogP contribution in [0.2, 0.25) is 0 Å². The number of benzene rings is 1. The predicted molar refractivity (Wildman–Crippen MR) is 70.2 cm³/mol. The van der Waals surface area contributed by atoms with Gasteiger partial charge in [-0.2, -0.15) is 0 Å². The summed E-state index contributed by atoms with van der Waals surface area (Å²) in [5.74, 6) is 0. The van der Waals surface area contributed by atoms with Crippen molar-refractivity contribution in [1.82, 2.24) is 5.32 Å². The molecule has 0 fully saturated rings. The van der Waals surface area contributed by atoms with E-state index in [1.54, 1.807) is 0 Å². The Bertz CT molecular complexity index is 364. The summed E-state index contributed by atoms with van der Waals surface area (Å²) in [6.45, 7) is 7.39. The molecule has 0 aromatic heterocycles. The Labute approximate surface area is 97.6 Å². The molecule has 0 aliphatic carbocycles. The van der Waals surface area contributed by atoms with Gasteiger partial charge in [-0.05, 0) is 51.4 Å². The van der Waals surface area contributed by atoms with E-state index in [0.717, 1.165) is 18.5 Å². The van der Waals surface area contributed by atoms with Crippen molar-refractivity contribution in [3.8, 4) is 0 Å². The van der Waals surface area contributed by atoms with Crippen LogP contribution in [0.3, 0.4) is 0 Å². The van der Waals surface area contributed by atoms with Crippen molar-refractivity contribution in [2.45, 2.75) is 32.7 Å². The van der Waals surface area contributed by atoms with Gasteiger partial charge in [-0.1, -0.05) is 6.07 Å². The van der Waals surface area contributed by atoms with Crippen LogP contribution < -0.4 is 11.1 Å². The van der Waals surface area contributed by atoms with Gasteiger partial charge in [-0.25, -0.2) is 0 Å². The van der Waals surface area contributed by atoms with Crippen LogP contribution in [0, 0.1) is 5.41 Å². The average Bonchev–Trinajstić information content (AvgIpc) is 2.18. The molecule has 0 unspecified atom stereocenters. The quantitative estimate of drug-likeness (QED) is 0.537. The lowest BCUT2D eigenvalue weighted by Gasteiger charge is -2.20. The predicted octanol–water partition coefficient (Wildman–Crippen LogP) is 2.20. The summed E-state index contributed by atoms with van der Waals surface area (Å²) in [7, 11) is 0. The van der Waals surface area contributed by atoms with Gasteiger partial charge < -0.3 is 16.5 Å².